The van der Waals surface area contributed by atoms with Gasteiger partial charge in [-0.25, -0.2) is 9.97 Å². The van der Waals surface area contributed by atoms with Crippen LogP contribution in [0.4, 0.5) is 17.3 Å². The number of fused-ring (bicyclic) bond motifs is 4. The van der Waals surface area contributed by atoms with Crippen molar-refractivity contribution in [1.29, 1.82) is 0 Å². The van der Waals surface area contributed by atoms with Crippen molar-refractivity contribution >= 4 is 23.2 Å². The zero-order valence-corrected chi connectivity index (χ0v) is 16.7. The molecule has 2 fully saturated rings. The lowest BCUT2D eigenvalue weighted by Gasteiger charge is -2.45. The molecule has 0 saturated carbocycles. The molecule has 152 valence electrons. The van der Waals surface area contributed by atoms with Crippen LogP contribution >= 0.6 is 0 Å². The molecule has 3 aliphatic rings. The number of nitrogens with one attached hydrogen (secondary N) is 2. The maximum atomic E-state index is 13.6. The number of nitrogen functional groups attached to an aromatic ring is 1. The number of carbonyl (C=O) groups excluding carboxylic acids is 1. The van der Waals surface area contributed by atoms with E-state index in [1.807, 2.05) is 6.92 Å². The summed E-state index contributed by atoms with van der Waals surface area (Å²) in [5, 5.41) is 6.34. The lowest BCUT2D eigenvalue weighted by Crippen LogP contribution is -2.62. The summed E-state index contributed by atoms with van der Waals surface area (Å²) in [5.41, 5.74) is 7.29. The number of piperidine rings is 1. The number of nitrogens with two attached hydrogens (primary N) is 1. The number of pyridine rings is 1. The largest absolute Gasteiger partial charge is 0.383 e. The zero-order valence-electron chi connectivity index (χ0n) is 16.7. The normalized spacial score (nSPS) is 25.7. The molecule has 1 spiro atoms. The summed E-state index contributed by atoms with van der Waals surface area (Å²) >= 11 is 0. The average Bonchev–Trinajstić information content (AvgIpc) is 3.28. The minimum absolute atomic E-state index is 0.144. The number of carbonyl (C=O) groups is 1. The fraction of sp³-hybridized carbons (Fsp3) is 0.500. The molecule has 2 saturated heterocycles. The second-order valence-corrected chi connectivity index (χ2v) is 8.26. The number of hydrogen-bond acceptors (Lipinski definition) is 7. The Kier molecular flexibility index (Phi) is 3.92. The number of amides is 1. The summed E-state index contributed by atoms with van der Waals surface area (Å²) in [6, 6.07) is 1.87. The second kappa shape index (κ2) is 6.28. The molecular formula is C20H25N7O2. The number of nitrogens with zero attached hydrogens (tertiary/aromatic N) is 4. The summed E-state index contributed by atoms with van der Waals surface area (Å²) < 4.78 is 1.72. The molecule has 0 bridgehead atoms. The van der Waals surface area contributed by atoms with Crippen LogP contribution < -0.4 is 21.9 Å². The van der Waals surface area contributed by atoms with Gasteiger partial charge in [-0.15, -0.1) is 0 Å². The van der Waals surface area contributed by atoms with Crippen molar-refractivity contribution < 1.29 is 4.79 Å². The van der Waals surface area contributed by atoms with E-state index in [2.05, 4.69) is 25.5 Å². The average molecular weight is 395 g/mol. The van der Waals surface area contributed by atoms with Crippen molar-refractivity contribution in [3.63, 3.8) is 0 Å². The van der Waals surface area contributed by atoms with E-state index >= 15 is 0 Å². The fourth-order valence-corrected chi connectivity index (χ4v) is 5.28. The highest BCUT2D eigenvalue weighted by Gasteiger charge is 2.54. The van der Waals surface area contributed by atoms with Gasteiger partial charge in [0.05, 0.1) is 6.04 Å². The van der Waals surface area contributed by atoms with Crippen LogP contribution in [0.3, 0.4) is 0 Å². The van der Waals surface area contributed by atoms with Crippen LogP contribution in [0.25, 0.3) is 0 Å². The number of rotatable bonds is 2. The second-order valence-electron chi connectivity index (χ2n) is 8.26. The van der Waals surface area contributed by atoms with Crippen molar-refractivity contribution in [2.24, 2.45) is 0 Å². The van der Waals surface area contributed by atoms with Gasteiger partial charge in [0, 0.05) is 5.56 Å². The van der Waals surface area contributed by atoms with Gasteiger partial charge in [-0.1, -0.05) is 0 Å². The Morgan fingerprint density at radius 1 is 1.24 bits per heavy atom. The van der Waals surface area contributed by atoms with Crippen molar-refractivity contribution in [3.05, 3.63) is 39.6 Å². The molecule has 29 heavy (non-hydrogen) atoms. The number of anilines is 3. The van der Waals surface area contributed by atoms with Gasteiger partial charge < -0.3 is 16.4 Å². The first-order valence-corrected chi connectivity index (χ1v) is 10.1. The van der Waals surface area contributed by atoms with Gasteiger partial charge in [-0.3, -0.25) is 19.1 Å². The summed E-state index contributed by atoms with van der Waals surface area (Å²) in [6.45, 7) is 5.70. The van der Waals surface area contributed by atoms with Crippen molar-refractivity contribution in [3.8, 4) is 0 Å². The first-order chi connectivity index (χ1) is 13.9. The summed E-state index contributed by atoms with van der Waals surface area (Å²) in [7, 11) is 0. The van der Waals surface area contributed by atoms with Gasteiger partial charge >= 0.3 is 0 Å². The van der Waals surface area contributed by atoms with Gasteiger partial charge in [0.15, 0.2) is 0 Å². The van der Waals surface area contributed by atoms with Gasteiger partial charge in [-0.2, -0.15) is 0 Å². The first kappa shape index (κ1) is 18.1. The van der Waals surface area contributed by atoms with Gasteiger partial charge in [-0.05, 0) is 64.3 Å². The standard InChI is InChI=1S/C20H25N7O2/c1-11-9-13(24-17-12(2)16(21)22-10-23-17)19(29)27-15(11)18(28)25-20(27)6-4-8-26-7-3-5-14(20)26/h9-10,14H,3-8H2,1-2H3,(H,25,28)(H3,21,22,23,24). The highest BCUT2D eigenvalue weighted by molar-refractivity contribution is 5.97. The number of aromatic nitrogens is 3. The topological polar surface area (TPSA) is 118 Å². The SMILES string of the molecule is Cc1cc(Nc2ncnc(N)c2C)c(=O)n2c1C(=O)NC21CCCN2CCCC21. The predicted molar refractivity (Wildman–Crippen MR) is 109 cm³/mol. The lowest BCUT2D eigenvalue weighted by molar-refractivity contribution is 0.0332. The Balaban J connectivity index is 1.67. The smallest absolute Gasteiger partial charge is 0.276 e. The van der Waals surface area contributed by atoms with Gasteiger partial charge in [0.1, 0.15) is 35.0 Å². The molecule has 2 atom stereocenters. The van der Waals surface area contributed by atoms with Crippen LogP contribution in [-0.4, -0.2) is 44.5 Å². The third kappa shape index (κ3) is 2.50. The first-order valence-electron chi connectivity index (χ1n) is 10.1. The summed E-state index contributed by atoms with van der Waals surface area (Å²) in [6.07, 6.45) is 5.13. The molecule has 4 N–H and O–H groups in total. The van der Waals surface area contributed by atoms with Crippen LogP contribution in [0.2, 0.25) is 0 Å². The third-order valence-corrected chi connectivity index (χ3v) is 6.63. The van der Waals surface area contributed by atoms with E-state index in [0.29, 0.717) is 28.6 Å². The highest BCUT2D eigenvalue weighted by Crippen LogP contribution is 2.41. The van der Waals surface area contributed by atoms with E-state index in [4.69, 9.17) is 5.73 Å². The molecule has 2 aromatic rings. The minimum Gasteiger partial charge on any atom is -0.383 e. The fourth-order valence-electron chi connectivity index (χ4n) is 5.28. The van der Waals surface area contributed by atoms with Gasteiger partial charge in [0.25, 0.3) is 11.5 Å². The molecular weight excluding hydrogens is 370 g/mol. The van der Waals surface area contributed by atoms with E-state index in [0.717, 1.165) is 44.3 Å². The molecule has 0 aliphatic carbocycles. The molecule has 5 rings (SSSR count). The minimum atomic E-state index is -0.680. The maximum absolute atomic E-state index is 13.6. The van der Waals surface area contributed by atoms with Crippen molar-refractivity contribution in [2.75, 3.05) is 24.1 Å². The van der Waals surface area contributed by atoms with Crippen LogP contribution in [0.1, 0.15) is 47.3 Å². The molecule has 2 unspecified atom stereocenters. The van der Waals surface area contributed by atoms with Crippen molar-refractivity contribution in [2.45, 2.75) is 51.2 Å². The molecule has 1 amide bonds. The lowest BCUT2D eigenvalue weighted by atomic mass is 9.89. The van der Waals surface area contributed by atoms with Crippen LogP contribution in [-0.2, 0) is 5.66 Å². The Labute approximate surface area is 168 Å². The molecule has 9 heteroatoms. The maximum Gasteiger partial charge on any atom is 0.276 e. The Morgan fingerprint density at radius 2 is 2.03 bits per heavy atom. The van der Waals surface area contributed by atoms with Crippen LogP contribution in [0.5, 0.6) is 0 Å². The Morgan fingerprint density at radius 3 is 2.86 bits per heavy atom. The van der Waals surface area contributed by atoms with E-state index < -0.39 is 5.66 Å². The molecule has 5 heterocycles. The van der Waals surface area contributed by atoms with E-state index in [9.17, 15) is 9.59 Å². The van der Waals surface area contributed by atoms with E-state index in [1.54, 1.807) is 17.6 Å². The molecule has 0 radical (unpaired) electrons. The third-order valence-electron chi connectivity index (χ3n) is 6.63. The van der Waals surface area contributed by atoms with Crippen LogP contribution in [0.15, 0.2) is 17.2 Å². The molecule has 0 aromatic carbocycles. The summed E-state index contributed by atoms with van der Waals surface area (Å²) in [4.78, 5) is 37.2. The van der Waals surface area contributed by atoms with E-state index in [1.165, 1.54) is 6.33 Å². The molecule has 3 aliphatic heterocycles. The van der Waals surface area contributed by atoms with Crippen LogP contribution in [0, 0.1) is 13.8 Å². The Bertz CT molecular complexity index is 1080. The number of aryl methyl sites for hydroxylation is 1. The summed E-state index contributed by atoms with van der Waals surface area (Å²) in [5.74, 6) is 0.692. The molecule has 2 aromatic heterocycles. The monoisotopic (exact) mass is 395 g/mol. The Hall–Kier alpha value is -2.94. The molecule has 9 nitrogen and oxygen atoms in total. The number of hydrogen-bond donors (Lipinski definition) is 3. The van der Waals surface area contributed by atoms with Gasteiger partial charge in [0.2, 0.25) is 0 Å². The van der Waals surface area contributed by atoms with E-state index in [-0.39, 0.29) is 17.5 Å². The predicted octanol–water partition coefficient (Wildman–Crippen LogP) is 1.24. The quantitative estimate of drug-likeness (QED) is 0.700. The highest BCUT2D eigenvalue weighted by atomic mass is 16.2. The zero-order chi connectivity index (χ0) is 20.3. The van der Waals surface area contributed by atoms with Crippen molar-refractivity contribution in [1.82, 2.24) is 24.8 Å².